The lowest BCUT2D eigenvalue weighted by atomic mass is 10.1. The van der Waals surface area contributed by atoms with Crippen molar-refractivity contribution in [3.63, 3.8) is 0 Å². The molecule has 44 heavy (non-hydrogen) atoms. The molecule has 0 spiro atoms. The van der Waals surface area contributed by atoms with Crippen LogP contribution in [0.5, 0.6) is 0 Å². The van der Waals surface area contributed by atoms with Crippen LogP contribution in [0.3, 0.4) is 0 Å². The van der Waals surface area contributed by atoms with Crippen LogP contribution in [0.15, 0.2) is 67.0 Å². The third-order valence-electron chi connectivity index (χ3n) is 7.18. The van der Waals surface area contributed by atoms with E-state index < -0.39 is 17.7 Å². The first-order valence-corrected chi connectivity index (χ1v) is 15.0. The Morgan fingerprint density at radius 3 is 2.27 bits per heavy atom. The Morgan fingerprint density at radius 2 is 1.64 bits per heavy atom. The monoisotopic (exact) mass is 602 g/mol. The SMILES string of the molecule is CC(C)(C)OC(=O)N1CCCC1CC(=O)O.O=C(CC1CCCN1)Nc1cc(-c2ccnc(Nc3ccccc3)c2)ccn1. The molecule has 2 atom stereocenters. The molecule has 2 aromatic heterocycles. The first-order valence-electron chi connectivity index (χ1n) is 15.0. The molecule has 4 heterocycles. The molecule has 4 N–H and O–H groups in total. The fraction of sp³-hybridized carbons (Fsp3) is 0.424. The number of benzene rings is 1. The summed E-state index contributed by atoms with van der Waals surface area (Å²) in [5.74, 6) is 0.443. The zero-order valence-corrected chi connectivity index (χ0v) is 25.6. The van der Waals surface area contributed by atoms with Gasteiger partial charge in [-0.05, 0) is 101 Å². The maximum Gasteiger partial charge on any atom is 0.410 e. The third kappa shape index (κ3) is 10.3. The molecule has 1 aromatic carbocycles. The average Bonchev–Trinajstić information content (AvgIpc) is 3.65. The van der Waals surface area contributed by atoms with Crippen LogP contribution in [0.2, 0.25) is 0 Å². The van der Waals surface area contributed by atoms with Crippen LogP contribution in [0, 0.1) is 0 Å². The summed E-state index contributed by atoms with van der Waals surface area (Å²) in [6, 6.07) is 17.7. The fourth-order valence-electron chi connectivity index (χ4n) is 5.19. The van der Waals surface area contributed by atoms with E-state index in [2.05, 4.69) is 25.9 Å². The van der Waals surface area contributed by atoms with Crippen molar-refractivity contribution in [2.45, 2.75) is 77.0 Å². The Labute approximate surface area is 258 Å². The van der Waals surface area contributed by atoms with E-state index in [1.54, 1.807) is 33.2 Å². The molecule has 3 aromatic rings. The number of rotatable bonds is 8. The molecule has 2 saturated heterocycles. The lowest BCUT2D eigenvalue weighted by Gasteiger charge is -2.27. The molecule has 0 aliphatic carbocycles. The lowest BCUT2D eigenvalue weighted by molar-refractivity contribution is -0.138. The standard InChI is InChI=1S/C22H23N5O.C11H19NO4/c28-22(15-19-7-4-10-23-19)27-21-14-17(9-12-25-21)16-8-11-24-20(13-16)26-18-5-2-1-3-6-18;1-11(2,3)16-10(15)12-6-4-5-8(12)7-9(13)14/h1-3,5-6,8-9,11-14,19,23H,4,7,10,15H2,(H,24,26)(H,25,27,28);8H,4-7H2,1-3H3,(H,13,14). The number of aromatic nitrogens is 2. The predicted molar refractivity (Wildman–Crippen MR) is 170 cm³/mol. The van der Waals surface area contributed by atoms with Crippen LogP contribution in [0.1, 0.15) is 59.3 Å². The van der Waals surface area contributed by atoms with Gasteiger partial charge in [0.2, 0.25) is 5.91 Å². The second-order valence-electron chi connectivity index (χ2n) is 12.0. The molecule has 234 valence electrons. The quantitative estimate of drug-likeness (QED) is 0.250. The van der Waals surface area contributed by atoms with Gasteiger partial charge in [-0.1, -0.05) is 18.2 Å². The molecular formula is C33H42N6O5. The Balaban J connectivity index is 0.000000236. The zero-order valence-electron chi connectivity index (χ0n) is 25.6. The van der Waals surface area contributed by atoms with Crippen molar-refractivity contribution < 1.29 is 24.2 Å². The van der Waals surface area contributed by atoms with Gasteiger partial charge >= 0.3 is 12.1 Å². The van der Waals surface area contributed by atoms with Gasteiger partial charge in [0.15, 0.2) is 0 Å². The van der Waals surface area contributed by atoms with E-state index in [0.717, 1.165) is 54.9 Å². The number of likely N-dealkylation sites (tertiary alicyclic amines) is 1. The molecule has 0 saturated carbocycles. The van der Waals surface area contributed by atoms with Crippen LogP contribution in [0.4, 0.5) is 22.1 Å². The fourth-order valence-corrected chi connectivity index (χ4v) is 5.19. The first kappa shape index (κ1) is 32.4. The topological polar surface area (TPSA) is 146 Å². The van der Waals surface area contributed by atoms with Gasteiger partial charge in [-0.3, -0.25) is 9.59 Å². The summed E-state index contributed by atoms with van der Waals surface area (Å²) < 4.78 is 5.23. The van der Waals surface area contributed by atoms with E-state index in [1.165, 1.54) is 4.90 Å². The number of carboxylic acid groups (broad SMARTS) is 1. The van der Waals surface area contributed by atoms with Crippen LogP contribution in [-0.2, 0) is 14.3 Å². The highest BCUT2D eigenvalue weighted by atomic mass is 16.6. The van der Waals surface area contributed by atoms with Crippen LogP contribution >= 0.6 is 0 Å². The molecule has 2 aliphatic heterocycles. The highest BCUT2D eigenvalue weighted by molar-refractivity contribution is 5.91. The first-order chi connectivity index (χ1) is 21.1. The molecular weight excluding hydrogens is 560 g/mol. The van der Waals surface area contributed by atoms with Gasteiger partial charge in [-0.25, -0.2) is 14.8 Å². The largest absolute Gasteiger partial charge is 0.481 e. The zero-order chi connectivity index (χ0) is 31.5. The summed E-state index contributed by atoms with van der Waals surface area (Å²) in [7, 11) is 0. The smallest absolute Gasteiger partial charge is 0.410 e. The van der Waals surface area contributed by atoms with Gasteiger partial charge in [0.05, 0.1) is 6.42 Å². The predicted octanol–water partition coefficient (Wildman–Crippen LogP) is 5.83. The lowest BCUT2D eigenvalue weighted by Crippen LogP contribution is -2.40. The summed E-state index contributed by atoms with van der Waals surface area (Å²) >= 11 is 0. The van der Waals surface area contributed by atoms with Gasteiger partial charge in [0, 0.05) is 43.1 Å². The molecule has 2 fully saturated rings. The van der Waals surface area contributed by atoms with Gasteiger partial charge in [-0.15, -0.1) is 0 Å². The van der Waals surface area contributed by atoms with Crippen LogP contribution in [0.25, 0.3) is 11.1 Å². The summed E-state index contributed by atoms with van der Waals surface area (Å²) in [5, 5.41) is 18.3. The van der Waals surface area contributed by atoms with E-state index >= 15 is 0 Å². The Bertz CT molecular complexity index is 1410. The van der Waals surface area contributed by atoms with E-state index in [4.69, 9.17) is 9.84 Å². The Hall–Kier alpha value is -4.51. The number of pyridine rings is 2. The third-order valence-corrected chi connectivity index (χ3v) is 7.18. The molecule has 2 unspecified atom stereocenters. The number of nitrogens with zero attached hydrogens (tertiary/aromatic N) is 3. The normalized spacial score (nSPS) is 17.8. The number of nitrogens with one attached hydrogen (secondary N) is 3. The van der Waals surface area contributed by atoms with Gasteiger partial charge < -0.3 is 30.7 Å². The number of carbonyl (C=O) groups is 3. The second-order valence-corrected chi connectivity index (χ2v) is 12.0. The van der Waals surface area contributed by atoms with Crippen molar-refractivity contribution in [1.82, 2.24) is 20.2 Å². The van der Waals surface area contributed by atoms with E-state index in [9.17, 15) is 14.4 Å². The highest BCUT2D eigenvalue weighted by Gasteiger charge is 2.33. The summed E-state index contributed by atoms with van der Waals surface area (Å²) in [5.41, 5.74) is 2.43. The maximum atomic E-state index is 12.3. The Kier molecular flexibility index (Phi) is 11.3. The number of aliphatic carboxylic acids is 1. The molecule has 2 aliphatic rings. The number of anilines is 3. The van der Waals surface area contributed by atoms with Gasteiger partial charge in [-0.2, -0.15) is 0 Å². The minimum atomic E-state index is -0.875. The van der Waals surface area contributed by atoms with Crippen molar-refractivity contribution in [2.24, 2.45) is 0 Å². The number of carboxylic acids is 1. The summed E-state index contributed by atoms with van der Waals surface area (Å²) in [4.78, 5) is 44.9. The molecule has 5 rings (SSSR count). The molecule has 11 heteroatoms. The van der Waals surface area contributed by atoms with Crippen molar-refractivity contribution >= 4 is 35.3 Å². The molecule has 0 radical (unpaired) electrons. The van der Waals surface area contributed by atoms with Crippen molar-refractivity contribution in [3.05, 3.63) is 67.0 Å². The number of carbonyl (C=O) groups excluding carboxylic acids is 2. The summed E-state index contributed by atoms with van der Waals surface area (Å²) in [6.07, 6.45) is 7.32. The number of ether oxygens (including phenoxy) is 1. The van der Waals surface area contributed by atoms with E-state index in [1.807, 2.05) is 54.6 Å². The Morgan fingerprint density at radius 1 is 0.955 bits per heavy atom. The molecule has 0 bridgehead atoms. The highest BCUT2D eigenvalue weighted by Crippen LogP contribution is 2.25. The van der Waals surface area contributed by atoms with Gasteiger partial charge in [0.1, 0.15) is 17.2 Å². The number of amides is 2. The minimum Gasteiger partial charge on any atom is -0.481 e. The number of para-hydroxylation sites is 1. The molecule has 11 nitrogen and oxygen atoms in total. The van der Waals surface area contributed by atoms with Gasteiger partial charge in [0.25, 0.3) is 0 Å². The maximum absolute atomic E-state index is 12.3. The minimum absolute atomic E-state index is 0.000751. The van der Waals surface area contributed by atoms with E-state index in [-0.39, 0.29) is 24.4 Å². The average molecular weight is 603 g/mol. The van der Waals surface area contributed by atoms with Crippen LogP contribution in [-0.4, -0.2) is 68.7 Å². The van der Waals surface area contributed by atoms with E-state index in [0.29, 0.717) is 18.8 Å². The molecule has 2 amide bonds. The number of hydrogen-bond acceptors (Lipinski definition) is 8. The van der Waals surface area contributed by atoms with Crippen molar-refractivity contribution in [3.8, 4) is 11.1 Å². The van der Waals surface area contributed by atoms with Crippen molar-refractivity contribution in [2.75, 3.05) is 23.7 Å². The van der Waals surface area contributed by atoms with Crippen molar-refractivity contribution in [1.29, 1.82) is 0 Å². The number of hydrogen-bond donors (Lipinski definition) is 4. The summed E-state index contributed by atoms with van der Waals surface area (Å²) in [6.45, 7) is 6.98. The second kappa shape index (κ2) is 15.3. The van der Waals surface area contributed by atoms with Crippen LogP contribution < -0.4 is 16.0 Å².